The van der Waals surface area contributed by atoms with Crippen molar-refractivity contribution in [3.05, 3.63) is 0 Å². The van der Waals surface area contributed by atoms with Crippen LogP contribution in [-0.4, -0.2) is 50.7 Å². The van der Waals surface area contributed by atoms with Crippen molar-refractivity contribution in [2.24, 2.45) is 0 Å². The van der Waals surface area contributed by atoms with Crippen LogP contribution in [0.1, 0.15) is 144 Å². The molecule has 0 rings (SSSR count). The van der Waals surface area contributed by atoms with Gasteiger partial charge in [0.1, 0.15) is 0 Å². The predicted octanol–water partition coefficient (Wildman–Crippen LogP) is 8.42. The average Bonchev–Trinajstić information content (AvgIpc) is 2.87. The Hall–Kier alpha value is -0.650. The Balaban J connectivity index is 4.71. The summed E-state index contributed by atoms with van der Waals surface area (Å²) >= 11 is 0. The van der Waals surface area contributed by atoms with E-state index in [0.29, 0.717) is 13.0 Å². The molecule has 0 heterocycles. The van der Waals surface area contributed by atoms with Crippen molar-refractivity contribution >= 4 is 5.97 Å². The highest BCUT2D eigenvalue weighted by Crippen LogP contribution is 2.23. The first-order valence-corrected chi connectivity index (χ1v) is 15.1. The Kier molecular flexibility index (Phi) is 25.9. The minimum atomic E-state index is -0.0506. The zero-order valence-corrected chi connectivity index (χ0v) is 24.1. The average molecular weight is 501 g/mol. The molecule has 35 heavy (non-hydrogen) atoms. The number of unbranched alkanes of at least 4 members (excludes halogenated alkanes) is 7. The number of carbonyl (C=O) groups is 1. The van der Waals surface area contributed by atoms with Crippen LogP contribution in [0.3, 0.4) is 0 Å². The lowest BCUT2D eigenvalue weighted by molar-refractivity contribution is -0.143. The van der Waals surface area contributed by atoms with E-state index in [2.05, 4.69) is 27.7 Å². The van der Waals surface area contributed by atoms with Gasteiger partial charge >= 0.3 is 5.97 Å². The molecule has 0 aliphatic rings. The molecule has 0 amide bonds. The second-order valence-corrected chi connectivity index (χ2v) is 9.92. The van der Waals surface area contributed by atoms with E-state index in [1.54, 1.807) is 0 Å². The van der Waals surface area contributed by atoms with E-state index in [9.17, 15) is 4.79 Å². The van der Waals surface area contributed by atoms with E-state index in [4.69, 9.17) is 18.9 Å². The fourth-order valence-electron chi connectivity index (χ4n) is 4.29. The maximum atomic E-state index is 11.6. The molecule has 0 bridgehead atoms. The number of rotatable bonds is 27. The van der Waals surface area contributed by atoms with E-state index in [-0.39, 0.29) is 24.3 Å². The maximum Gasteiger partial charge on any atom is 0.305 e. The van der Waals surface area contributed by atoms with Crippen LogP contribution in [0.5, 0.6) is 0 Å². The van der Waals surface area contributed by atoms with Gasteiger partial charge in [0.15, 0.2) is 0 Å². The Morgan fingerprint density at radius 3 is 1.74 bits per heavy atom. The number of hydrogen-bond donors (Lipinski definition) is 0. The van der Waals surface area contributed by atoms with Crippen molar-refractivity contribution in [3.8, 4) is 0 Å². The number of esters is 1. The van der Waals surface area contributed by atoms with Crippen molar-refractivity contribution in [3.63, 3.8) is 0 Å². The largest absolute Gasteiger partial charge is 0.466 e. The molecule has 5 nitrogen and oxygen atoms in total. The number of hydrogen-bond acceptors (Lipinski definition) is 5. The molecule has 3 atom stereocenters. The van der Waals surface area contributed by atoms with Gasteiger partial charge in [-0.3, -0.25) is 4.79 Å². The lowest BCUT2D eigenvalue weighted by Gasteiger charge is -2.31. The third-order valence-electron chi connectivity index (χ3n) is 6.26. The molecule has 0 radical (unpaired) electrons. The maximum absolute atomic E-state index is 11.6. The molecule has 0 aliphatic heterocycles. The molecule has 0 aromatic carbocycles. The standard InChI is InChI=1S/C30H60O5/c1-6-11-12-16-19-27(32-22-7-2)26-29(34-24-9-4)28(33-23-8-3)20-17-14-13-15-18-21-30(31)35-25-10-5/h27-29H,6-26H2,1-5H3. The molecule has 0 N–H and O–H groups in total. The Morgan fingerprint density at radius 2 is 1.09 bits per heavy atom. The molecule has 0 aliphatic carbocycles. The van der Waals surface area contributed by atoms with Gasteiger partial charge in [-0.2, -0.15) is 0 Å². The molecule has 0 saturated carbocycles. The van der Waals surface area contributed by atoms with Crippen molar-refractivity contribution in [2.75, 3.05) is 26.4 Å². The van der Waals surface area contributed by atoms with Gasteiger partial charge in [-0.1, -0.05) is 86.0 Å². The van der Waals surface area contributed by atoms with Gasteiger partial charge in [0, 0.05) is 32.7 Å². The molecule has 5 heteroatoms. The van der Waals surface area contributed by atoms with Gasteiger partial charge in [0.25, 0.3) is 0 Å². The van der Waals surface area contributed by atoms with Crippen LogP contribution in [0.4, 0.5) is 0 Å². The highest BCUT2D eigenvalue weighted by Gasteiger charge is 2.26. The quantitative estimate of drug-likeness (QED) is 0.0837. The Labute approximate surface area is 218 Å². The third-order valence-corrected chi connectivity index (χ3v) is 6.26. The molecule has 210 valence electrons. The van der Waals surface area contributed by atoms with Crippen LogP contribution in [0.2, 0.25) is 0 Å². The normalized spacial score (nSPS) is 14.1. The van der Waals surface area contributed by atoms with Gasteiger partial charge < -0.3 is 18.9 Å². The van der Waals surface area contributed by atoms with Crippen molar-refractivity contribution in [1.82, 2.24) is 0 Å². The van der Waals surface area contributed by atoms with Gasteiger partial charge in [-0.05, 0) is 44.9 Å². The molecule has 0 aromatic rings. The molecular weight excluding hydrogens is 440 g/mol. The summed E-state index contributed by atoms with van der Waals surface area (Å²) in [5.74, 6) is -0.0506. The summed E-state index contributed by atoms with van der Waals surface area (Å²) in [7, 11) is 0. The van der Waals surface area contributed by atoms with E-state index in [1.165, 1.54) is 32.1 Å². The zero-order valence-electron chi connectivity index (χ0n) is 24.1. The molecule has 3 unspecified atom stereocenters. The van der Waals surface area contributed by atoms with Crippen LogP contribution < -0.4 is 0 Å². The molecule has 0 aromatic heterocycles. The van der Waals surface area contributed by atoms with Gasteiger partial charge in [-0.15, -0.1) is 0 Å². The highest BCUT2D eigenvalue weighted by atomic mass is 16.5. The fourth-order valence-corrected chi connectivity index (χ4v) is 4.29. The van der Waals surface area contributed by atoms with E-state index in [1.807, 2.05) is 6.92 Å². The summed E-state index contributed by atoms with van der Waals surface area (Å²) in [6.07, 6.45) is 18.7. The summed E-state index contributed by atoms with van der Waals surface area (Å²) in [5.41, 5.74) is 0. The fraction of sp³-hybridized carbons (Fsp3) is 0.967. The second-order valence-electron chi connectivity index (χ2n) is 9.92. The molecular formula is C30H60O5. The minimum absolute atomic E-state index is 0.0506. The van der Waals surface area contributed by atoms with Crippen LogP contribution in [0, 0.1) is 0 Å². The summed E-state index contributed by atoms with van der Waals surface area (Å²) in [6, 6.07) is 0. The molecule has 0 fully saturated rings. The SMILES string of the molecule is CCCCCCC(CC(OCCC)C(CCCCCCCC(=O)OCCC)OCCC)OCCC. The van der Waals surface area contributed by atoms with E-state index in [0.717, 1.165) is 90.4 Å². The second kappa shape index (κ2) is 26.4. The predicted molar refractivity (Wildman–Crippen MR) is 147 cm³/mol. The van der Waals surface area contributed by atoms with Crippen LogP contribution >= 0.6 is 0 Å². The lowest BCUT2D eigenvalue weighted by Crippen LogP contribution is -2.36. The third kappa shape index (κ3) is 21.2. The summed E-state index contributed by atoms with van der Waals surface area (Å²) < 4.78 is 24.2. The van der Waals surface area contributed by atoms with Crippen LogP contribution in [-0.2, 0) is 23.7 Å². The van der Waals surface area contributed by atoms with E-state index < -0.39 is 0 Å². The monoisotopic (exact) mass is 500 g/mol. The first kappa shape index (κ1) is 34.4. The summed E-state index contributed by atoms with van der Waals surface area (Å²) in [6.45, 7) is 13.7. The minimum Gasteiger partial charge on any atom is -0.466 e. The Morgan fingerprint density at radius 1 is 0.543 bits per heavy atom. The first-order chi connectivity index (χ1) is 17.1. The first-order valence-electron chi connectivity index (χ1n) is 15.1. The van der Waals surface area contributed by atoms with Gasteiger partial charge in [0.05, 0.1) is 24.9 Å². The van der Waals surface area contributed by atoms with Crippen molar-refractivity contribution in [2.45, 2.75) is 162 Å². The number of carbonyl (C=O) groups excluding carboxylic acids is 1. The zero-order chi connectivity index (χ0) is 26.0. The van der Waals surface area contributed by atoms with Gasteiger partial charge in [-0.25, -0.2) is 0 Å². The summed E-state index contributed by atoms with van der Waals surface area (Å²) in [4.78, 5) is 11.6. The van der Waals surface area contributed by atoms with Crippen LogP contribution in [0.15, 0.2) is 0 Å². The van der Waals surface area contributed by atoms with E-state index >= 15 is 0 Å². The summed E-state index contributed by atoms with van der Waals surface area (Å²) in [5, 5.41) is 0. The van der Waals surface area contributed by atoms with Crippen molar-refractivity contribution in [1.29, 1.82) is 0 Å². The van der Waals surface area contributed by atoms with Gasteiger partial charge in [0.2, 0.25) is 0 Å². The number of ether oxygens (including phenoxy) is 4. The topological polar surface area (TPSA) is 54.0 Å². The van der Waals surface area contributed by atoms with Crippen molar-refractivity contribution < 1.29 is 23.7 Å². The molecule has 0 saturated heterocycles. The van der Waals surface area contributed by atoms with Crippen LogP contribution in [0.25, 0.3) is 0 Å². The smallest absolute Gasteiger partial charge is 0.305 e. The molecule has 0 spiro atoms. The Bertz CT molecular complexity index is 442. The lowest BCUT2D eigenvalue weighted by atomic mass is 9.97. The highest BCUT2D eigenvalue weighted by molar-refractivity contribution is 5.69.